The van der Waals surface area contributed by atoms with Crippen LogP contribution in [0.5, 0.6) is 0 Å². The number of nitrogens with one attached hydrogen (secondary N) is 1. The molecule has 0 fully saturated rings. The highest BCUT2D eigenvalue weighted by molar-refractivity contribution is 5.76. The van der Waals surface area contributed by atoms with Gasteiger partial charge in [0, 0.05) is 11.6 Å². The maximum atomic E-state index is 11.2. The second-order valence-corrected chi connectivity index (χ2v) is 4.96. The monoisotopic (exact) mass is 236 g/mol. The molecule has 2 rings (SSSR count). The first-order valence-corrected chi connectivity index (χ1v) is 6.45. The summed E-state index contributed by atoms with van der Waals surface area (Å²) in [6.45, 7) is 4.29. The Bertz CT molecular complexity index is 412. The van der Waals surface area contributed by atoms with Crippen LogP contribution in [-0.2, 0) is 11.2 Å². The second kappa shape index (κ2) is 4.90. The van der Waals surface area contributed by atoms with Crippen LogP contribution in [0.4, 0.5) is 0 Å². The van der Waals surface area contributed by atoms with Crippen molar-refractivity contribution < 1.29 is 9.90 Å². The molecule has 0 aliphatic heterocycles. The van der Waals surface area contributed by atoms with Crippen LogP contribution in [0.15, 0.2) is 0 Å². The number of hydrogen-bond donors (Lipinski definition) is 2. The van der Waals surface area contributed by atoms with Crippen molar-refractivity contribution in [2.24, 2.45) is 0 Å². The van der Waals surface area contributed by atoms with Crippen molar-refractivity contribution in [2.45, 2.75) is 57.8 Å². The average Bonchev–Trinajstić information content (AvgIpc) is 2.72. The molecule has 0 saturated carbocycles. The number of carbonyl (C=O) groups is 1. The lowest BCUT2D eigenvalue weighted by Crippen LogP contribution is -2.17. The molecule has 0 aromatic carbocycles. The standard InChI is InChI=1S/C13H20N2O2/c1-3-5-8(2)12-14-10-7-4-6-9(13(16)17)11(10)15-12/h8-9H,3-7H2,1-2H3,(H,14,15)(H,16,17). The Morgan fingerprint density at radius 2 is 2.41 bits per heavy atom. The second-order valence-electron chi connectivity index (χ2n) is 4.96. The van der Waals surface area contributed by atoms with Crippen LogP contribution in [0, 0.1) is 0 Å². The maximum Gasteiger partial charge on any atom is 0.312 e. The number of aromatic nitrogens is 2. The summed E-state index contributed by atoms with van der Waals surface area (Å²) in [5.41, 5.74) is 1.82. The van der Waals surface area contributed by atoms with E-state index in [9.17, 15) is 9.90 Å². The normalized spacial score (nSPS) is 20.9. The largest absolute Gasteiger partial charge is 0.481 e. The molecule has 0 amide bonds. The van der Waals surface area contributed by atoms with E-state index < -0.39 is 11.9 Å². The van der Waals surface area contributed by atoms with Crippen LogP contribution in [0.2, 0.25) is 0 Å². The highest BCUT2D eigenvalue weighted by Gasteiger charge is 2.30. The quantitative estimate of drug-likeness (QED) is 0.844. The van der Waals surface area contributed by atoms with Gasteiger partial charge < -0.3 is 10.1 Å². The summed E-state index contributed by atoms with van der Waals surface area (Å²) in [5.74, 6) is 0.203. The number of H-pyrrole nitrogens is 1. The Labute approximate surface area is 101 Å². The zero-order chi connectivity index (χ0) is 12.4. The maximum absolute atomic E-state index is 11.2. The molecule has 2 N–H and O–H groups in total. The van der Waals surface area contributed by atoms with Gasteiger partial charge in [-0.1, -0.05) is 20.3 Å². The smallest absolute Gasteiger partial charge is 0.312 e. The molecule has 17 heavy (non-hydrogen) atoms. The third-order valence-corrected chi connectivity index (χ3v) is 3.57. The fourth-order valence-corrected chi connectivity index (χ4v) is 2.59. The number of rotatable bonds is 4. The van der Waals surface area contributed by atoms with Crippen molar-refractivity contribution in [3.8, 4) is 0 Å². The fraction of sp³-hybridized carbons (Fsp3) is 0.692. The summed E-state index contributed by atoms with van der Waals surface area (Å²) in [4.78, 5) is 19.0. The van der Waals surface area contributed by atoms with E-state index in [-0.39, 0.29) is 0 Å². The van der Waals surface area contributed by atoms with Gasteiger partial charge >= 0.3 is 5.97 Å². The molecule has 0 bridgehead atoms. The van der Waals surface area contributed by atoms with E-state index in [1.54, 1.807) is 0 Å². The van der Waals surface area contributed by atoms with E-state index in [1.807, 2.05) is 0 Å². The molecule has 1 aromatic heterocycles. The number of fused-ring (bicyclic) bond motifs is 1. The predicted octanol–water partition coefficient (Wildman–Crippen LogP) is 2.82. The molecular weight excluding hydrogens is 216 g/mol. The minimum atomic E-state index is -0.743. The number of imidazole rings is 1. The Hall–Kier alpha value is -1.32. The summed E-state index contributed by atoms with van der Waals surface area (Å²) in [5, 5.41) is 9.18. The van der Waals surface area contributed by atoms with Gasteiger partial charge in [0.05, 0.1) is 5.69 Å². The van der Waals surface area contributed by atoms with E-state index in [0.29, 0.717) is 5.92 Å². The van der Waals surface area contributed by atoms with Gasteiger partial charge in [0.2, 0.25) is 0 Å². The van der Waals surface area contributed by atoms with Crippen molar-refractivity contribution in [1.82, 2.24) is 9.97 Å². The highest BCUT2D eigenvalue weighted by atomic mass is 16.4. The molecular formula is C13H20N2O2. The first-order chi connectivity index (χ1) is 8.13. The lowest BCUT2D eigenvalue weighted by Gasteiger charge is -2.16. The van der Waals surface area contributed by atoms with Crippen molar-refractivity contribution >= 4 is 5.97 Å². The number of carboxylic acid groups (broad SMARTS) is 1. The van der Waals surface area contributed by atoms with Gasteiger partial charge in [-0.2, -0.15) is 0 Å². The van der Waals surface area contributed by atoms with Crippen LogP contribution in [0.3, 0.4) is 0 Å². The molecule has 4 nitrogen and oxygen atoms in total. The molecule has 0 spiro atoms. The van der Waals surface area contributed by atoms with E-state index in [2.05, 4.69) is 23.8 Å². The van der Waals surface area contributed by atoms with E-state index >= 15 is 0 Å². The Balaban J connectivity index is 2.27. The summed E-state index contributed by atoms with van der Waals surface area (Å²) < 4.78 is 0. The lowest BCUT2D eigenvalue weighted by atomic mass is 9.90. The Morgan fingerprint density at radius 3 is 3.06 bits per heavy atom. The number of aromatic amines is 1. The average molecular weight is 236 g/mol. The van der Waals surface area contributed by atoms with E-state index in [1.165, 1.54) is 0 Å². The molecule has 0 saturated heterocycles. The van der Waals surface area contributed by atoms with Crippen molar-refractivity contribution in [2.75, 3.05) is 0 Å². The Kier molecular flexibility index (Phi) is 3.50. The Morgan fingerprint density at radius 1 is 1.65 bits per heavy atom. The zero-order valence-corrected chi connectivity index (χ0v) is 10.5. The molecule has 94 valence electrons. The summed E-state index contributed by atoms with van der Waals surface area (Å²) in [6.07, 6.45) is 4.80. The zero-order valence-electron chi connectivity index (χ0n) is 10.5. The molecule has 1 heterocycles. The van der Waals surface area contributed by atoms with E-state index in [4.69, 9.17) is 0 Å². The SMILES string of the molecule is CCCC(C)c1nc2c([nH]1)CCCC2C(=O)O. The summed E-state index contributed by atoms with van der Waals surface area (Å²) in [6, 6.07) is 0. The number of carboxylic acids is 1. The number of aryl methyl sites for hydroxylation is 1. The molecule has 2 unspecified atom stereocenters. The number of hydrogen-bond acceptors (Lipinski definition) is 2. The third kappa shape index (κ3) is 2.35. The third-order valence-electron chi connectivity index (χ3n) is 3.57. The van der Waals surface area contributed by atoms with Gasteiger partial charge in [-0.05, 0) is 25.7 Å². The highest BCUT2D eigenvalue weighted by Crippen LogP contribution is 2.32. The van der Waals surface area contributed by atoms with Crippen molar-refractivity contribution in [3.05, 3.63) is 17.2 Å². The van der Waals surface area contributed by atoms with Crippen LogP contribution < -0.4 is 0 Å². The molecule has 0 radical (unpaired) electrons. The number of nitrogens with zero attached hydrogens (tertiary/aromatic N) is 1. The fourth-order valence-electron chi connectivity index (χ4n) is 2.59. The predicted molar refractivity (Wildman–Crippen MR) is 65.2 cm³/mol. The van der Waals surface area contributed by atoms with Crippen LogP contribution in [0.25, 0.3) is 0 Å². The van der Waals surface area contributed by atoms with Gasteiger partial charge in [-0.3, -0.25) is 4.79 Å². The topological polar surface area (TPSA) is 66.0 Å². The minimum Gasteiger partial charge on any atom is -0.481 e. The molecule has 4 heteroatoms. The van der Waals surface area contributed by atoms with Crippen LogP contribution in [-0.4, -0.2) is 21.0 Å². The molecule has 2 atom stereocenters. The first-order valence-electron chi connectivity index (χ1n) is 6.45. The van der Waals surface area contributed by atoms with Gasteiger partial charge in [0.1, 0.15) is 11.7 Å². The number of aliphatic carboxylic acids is 1. The first kappa shape index (κ1) is 12.1. The molecule has 1 aliphatic carbocycles. The lowest BCUT2D eigenvalue weighted by molar-refractivity contribution is -0.139. The van der Waals surface area contributed by atoms with Gasteiger partial charge in [0.25, 0.3) is 0 Å². The van der Waals surface area contributed by atoms with Crippen LogP contribution in [0.1, 0.15) is 68.6 Å². The summed E-state index contributed by atoms with van der Waals surface area (Å²) >= 11 is 0. The van der Waals surface area contributed by atoms with Gasteiger partial charge in [0.15, 0.2) is 0 Å². The summed E-state index contributed by atoms with van der Waals surface area (Å²) in [7, 11) is 0. The van der Waals surface area contributed by atoms with Crippen LogP contribution >= 0.6 is 0 Å². The van der Waals surface area contributed by atoms with Gasteiger partial charge in [-0.25, -0.2) is 4.98 Å². The van der Waals surface area contributed by atoms with Gasteiger partial charge in [-0.15, -0.1) is 0 Å². The van der Waals surface area contributed by atoms with Crippen molar-refractivity contribution in [1.29, 1.82) is 0 Å². The molecule has 1 aromatic rings. The molecule has 1 aliphatic rings. The minimum absolute atomic E-state index is 0.389. The van der Waals surface area contributed by atoms with E-state index in [0.717, 1.165) is 49.3 Å². The van der Waals surface area contributed by atoms with Crippen molar-refractivity contribution in [3.63, 3.8) is 0 Å².